The normalized spacial score (nSPS) is 14.3. The Labute approximate surface area is 116 Å². The predicted molar refractivity (Wildman–Crippen MR) is 71.5 cm³/mol. The molecular weight excluding hydrogens is 274 g/mol. The Bertz CT molecular complexity index is 471. The summed E-state index contributed by atoms with van der Waals surface area (Å²) in [6.07, 6.45) is 2.88. The molecule has 0 aromatic heterocycles. The van der Waals surface area contributed by atoms with Crippen molar-refractivity contribution >= 4 is 18.3 Å². The molecule has 0 bridgehead atoms. The van der Waals surface area contributed by atoms with Gasteiger partial charge in [-0.25, -0.2) is 8.78 Å². The molecule has 0 radical (unpaired) electrons. The second-order valence-corrected chi connectivity index (χ2v) is 4.16. The summed E-state index contributed by atoms with van der Waals surface area (Å²) < 4.78 is 25.9. The highest BCUT2D eigenvalue weighted by Gasteiger charge is 2.10. The Morgan fingerprint density at radius 1 is 1.26 bits per heavy atom. The topological polar surface area (TPSA) is 41.1 Å². The van der Waals surface area contributed by atoms with E-state index in [9.17, 15) is 13.6 Å². The van der Waals surface area contributed by atoms with Crippen molar-refractivity contribution in [1.82, 2.24) is 10.6 Å². The van der Waals surface area contributed by atoms with Crippen LogP contribution in [0.4, 0.5) is 8.78 Å². The number of hydrogen-bond acceptors (Lipinski definition) is 2. The Morgan fingerprint density at radius 2 is 1.95 bits per heavy atom. The molecule has 0 fully saturated rings. The minimum atomic E-state index is -0.749. The Hall–Kier alpha value is -1.46. The van der Waals surface area contributed by atoms with Crippen molar-refractivity contribution in [2.45, 2.75) is 6.42 Å². The molecule has 6 heteroatoms. The van der Waals surface area contributed by atoms with E-state index < -0.39 is 17.5 Å². The summed E-state index contributed by atoms with van der Waals surface area (Å²) in [6.45, 7) is 2.09. The second kappa shape index (κ2) is 7.21. The number of benzene rings is 1. The van der Waals surface area contributed by atoms with Gasteiger partial charge in [-0.2, -0.15) is 0 Å². The third kappa shape index (κ3) is 4.61. The van der Waals surface area contributed by atoms with Gasteiger partial charge in [-0.3, -0.25) is 4.79 Å². The van der Waals surface area contributed by atoms with Crippen LogP contribution in [0, 0.1) is 11.6 Å². The molecule has 0 saturated heterocycles. The van der Waals surface area contributed by atoms with Crippen LogP contribution >= 0.6 is 12.4 Å². The van der Waals surface area contributed by atoms with Crippen molar-refractivity contribution in [3.63, 3.8) is 0 Å². The summed E-state index contributed by atoms with van der Waals surface area (Å²) in [7, 11) is 0. The van der Waals surface area contributed by atoms with Crippen LogP contribution in [0.2, 0.25) is 0 Å². The molecule has 2 rings (SSSR count). The fraction of sp³-hybridized carbons (Fsp3) is 0.308. The third-order valence-electron chi connectivity index (χ3n) is 2.76. The number of rotatable bonds is 3. The Morgan fingerprint density at radius 3 is 2.53 bits per heavy atom. The number of amides is 1. The number of halogens is 3. The monoisotopic (exact) mass is 288 g/mol. The summed E-state index contributed by atoms with van der Waals surface area (Å²) in [5.41, 5.74) is 1.13. The van der Waals surface area contributed by atoms with Crippen molar-refractivity contribution in [2.75, 3.05) is 19.6 Å². The van der Waals surface area contributed by atoms with Crippen LogP contribution in [0.15, 0.2) is 29.8 Å². The second-order valence-electron chi connectivity index (χ2n) is 4.16. The zero-order chi connectivity index (χ0) is 13.0. The van der Waals surface area contributed by atoms with E-state index in [0.717, 1.165) is 43.3 Å². The first kappa shape index (κ1) is 15.6. The first-order valence-corrected chi connectivity index (χ1v) is 5.78. The molecule has 2 N–H and O–H groups in total. The van der Waals surface area contributed by atoms with Crippen LogP contribution in [0.1, 0.15) is 16.8 Å². The highest BCUT2D eigenvalue weighted by molar-refractivity contribution is 5.94. The summed E-state index contributed by atoms with van der Waals surface area (Å²) in [5, 5.41) is 5.82. The van der Waals surface area contributed by atoms with Crippen molar-refractivity contribution in [3.8, 4) is 0 Å². The molecule has 104 valence electrons. The summed E-state index contributed by atoms with van der Waals surface area (Å²) in [6, 6.07) is 2.79. The average molecular weight is 289 g/mol. The van der Waals surface area contributed by atoms with E-state index in [0.29, 0.717) is 6.54 Å². The van der Waals surface area contributed by atoms with Gasteiger partial charge in [0.25, 0.3) is 5.91 Å². The maximum absolute atomic E-state index is 12.9. The fourth-order valence-corrected chi connectivity index (χ4v) is 1.81. The van der Waals surface area contributed by atoms with E-state index in [1.165, 1.54) is 0 Å². The van der Waals surface area contributed by atoms with Gasteiger partial charge in [0.15, 0.2) is 0 Å². The van der Waals surface area contributed by atoms with E-state index >= 15 is 0 Å². The van der Waals surface area contributed by atoms with Crippen molar-refractivity contribution < 1.29 is 13.6 Å². The molecule has 1 aromatic carbocycles. The first-order chi connectivity index (χ1) is 8.65. The average Bonchev–Trinajstić information content (AvgIpc) is 2.36. The lowest BCUT2D eigenvalue weighted by atomic mass is 10.1. The predicted octanol–water partition coefficient (Wildman–Crippen LogP) is 2.04. The van der Waals surface area contributed by atoms with Gasteiger partial charge >= 0.3 is 0 Å². The van der Waals surface area contributed by atoms with Gasteiger partial charge in [0.2, 0.25) is 0 Å². The quantitative estimate of drug-likeness (QED) is 0.836. The number of carbonyl (C=O) groups is 1. The van der Waals surface area contributed by atoms with Gasteiger partial charge in [-0.05, 0) is 25.1 Å². The van der Waals surface area contributed by atoms with E-state index in [-0.39, 0.29) is 18.0 Å². The third-order valence-corrected chi connectivity index (χ3v) is 2.76. The van der Waals surface area contributed by atoms with Gasteiger partial charge < -0.3 is 10.6 Å². The molecule has 0 aliphatic carbocycles. The molecule has 1 aromatic rings. The number of carbonyl (C=O) groups excluding carboxylic acids is 1. The zero-order valence-corrected chi connectivity index (χ0v) is 11.0. The summed E-state index contributed by atoms with van der Waals surface area (Å²) in [5.74, 6) is -1.96. The highest BCUT2D eigenvalue weighted by atomic mass is 35.5. The SMILES string of the molecule is Cl.O=C(NCC1=CCNCC1)c1cc(F)cc(F)c1. The molecule has 0 spiro atoms. The number of nitrogens with one attached hydrogen (secondary N) is 2. The smallest absolute Gasteiger partial charge is 0.251 e. The van der Waals surface area contributed by atoms with Crippen LogP contribution in [0.25, 0.3) is 0 Å². The van der Waals surface area contributed by atoms with Crippen molar-refractivity contribution in [1.29, 1.82) is 0 Å². The fourth-order valence-electron chi connectivity index (χ4n) is 1.81. The van der Waals surface area contributed by atoms with Gasteiger partial charge in [0.1, 0.15) is 11.6 Å². The van der Waals surface area contributed by atoms with Gasteiger partial charge in [-0.15, -0.1) is 12.4 Å². The van der Waals surface area contributed by atoms with Crippen LogP contribution in [-0.2, 0) is 0 Å². The molecule has 3 nitrogen and oxygen atoms in total. The van der Waals surface area contributed by atoms with Crippen LogP contribution < -0.4 is 10.6 Å². The minimum absolute atomic E-state index is 0. The van der Waals surface area contributed by atoms with Gasteiger partial charge in [-0.1, -0.05) is 11.6 Å². The maximum atomic E-state index is 12.9. The van der Waals surface area contributed by atoms with Crippen molar-refractivity contribution in [3.05, 3.63) is 47.0 Å². The summed E-state index contributed by atoms with van der Waals surface area (Å²) >= 11 is 0. The lowest BCUT2D eigenvalue weighted by Gasteiger charge is -2.14. The van der Waals surface area contributed by atoms with E-state index in [4.69, 9.17) is 0 Å². The number of hydrogen-bond donors (Lipinski definition) is 2. The molecule has 0 saturated carbocycles. The highest BCUT2D eigenvalue weighted by Crippen LogP contribution is 2.08. The van der Waals surface area contributed by atoms with Crippen LogP contribution in [-0.4, -0.2) is 25.5 Å². The molecule has 1 amide bonds. The van der Waals surface area contributed by atoms with Gasteiger partial charge in [0.05, 0.1) is 0 Å². The van der Waals surface area contributed by atoms with Gasteiger partial charge in [0, 0.05) is 24.7 Å². The lowest BCUT2D eigenvalue weighted by Crippen LogP contribution is -2.29. The van der Waals surface area contributed by atoms with E-state index in [1.807, 2.05) is 6.08 Å². The molecule has 0 atom stereocenters. The minimum Gasteiger partial charge on any atom is -0.348 e. The molecule has 1 aliphatic heterocycles. The molecular formula is C13H15ClF2N2O. The first-order valence-electron chi connectivity index (χ1n) is 5.78. The van der Waals surface area contributed by atoms with Crippen LogP contribution in [0.3, 0.4) is 0 Å². The standard InChI is InChI=1S/C13H14F2N2O.ClH/c14-11-5-10(6-12(15)7-11)13(18)17-8-9-1-3-16-4-2-9;/h1,5-7,16H,2-4,8H2,(H,17,18);1H. The zero-order valence-electron chi connectivity index (χ0n) is 10.2. The lowest BCUT2D eigenvalue weighted by molar-refractivity contribution is 0.0955. The van der Waals surface area contributed by atoms with E-state index in [1.54, 1.807) is 0 Å². The van der Waals surface area contributed by atoms with Crippen LogP contribution in [0.5, 0.6) is 0 Å². The largest absolute Gasteiger partial charge is 0.348 e. The van der Waals surface area contributed by atoms with Crippen molar-refractivity contribution in [2.24, 2.45) is 0 Å². The molecule has 1 aliphatic rings. The Balaban J connectivity index is 0.00000180. The van der Waals surface area contributed by atoms with E-state index in [2.05, 4.69) is 10.6 Å². The Kier molecular flexibility index (Phi) is 5.92. The molecule has 0 unspecified atom stereocenters. The molecule has 19 heavy (non-hydrogen) atoms. The maximum Gasteiger partial charge on any atom is 0.251 e. The summed E-state index contributed by atoms with van der Waals surface area (Å²) in [4.78, 5) is 11.7. The molecule has 1 heterocycles.